The fourth-order valence-electron chi connectivity index (χ4n) is 2.62. The molecule has 2 heterocycles. The molecule has 2 saturated heterocycles. The molecule has 2 aliphatic rings. The maximum atomic E-state index is 12.3. The molecule has 2 rings (SSSR count). The largest absolute Gasteiger partial charge is 0.378 e. The molecule has 0 radical (unpaired) electrons. The van der Waals surface area contributed by atoms with Crippen LogP contribution in [0.25, 0.3) is 0 Å². The van der Waals surface area contributed by atoms with E-state index in [0.717, 1.165) is 32.7 Å². The standard InChI is InChI=1S/C12H22N2O2/c1-9-10(4-7-16-9)11(15)14-6-5-13-12(2,3)8-14/h9-10,13H,4-8H2,1-3H3. The highest BCUT2D eigenvalue weighted by molar-refractivity contribution is 5.80. The monoisotopic (exact) mass is 226 g/mol. The minimum atomic E-state index is 0.0383. The van der Waals surface area contributed by atoms with Crippen LogP contribution < -0.4 is 5.32 Å². The summed E-state index contributed by atoms with van der Waals surface area (Å²) in [6, 6.07) is 0. The summed E-state index contributed by atoms with van der Waals surface area (Å²) < 4.78 is 5.47. The number of rotatable bonds is 1. The highest BCUT2D eigenvalue weighted by Gasteiger charge is 2.37. The minimum absolute atomic E-state index is 0.0383. The molecule has 1 N–H and O–H groups in total. The van der Waals surface area contributed by atoms with E-state index in [2.05, 4.69) is 19.2 Å². The fourth-order valence-corrected chi connectivity index (χ4v) is 2.62. The Bertz CT molecular complexity index is 278. The van der Waals surface area contributed by atoms with Crippen molar-refractivity contribution in [3.63, 3.8) is 0 Å². The smallest absolute Gasteiger partial charge is 0.228 e. The number of carbonyl (C=O) groups excluding carboxylic acids is 1. The van der Waals surface area contributed by atoms with Crippen LogP contribution in [0.3, 0.4) is 0 Å². The molecule has 2 aliphatic heterocycles. The number of hydrogen-bond acceptors (Lipinski definition) is 3. The topological polar surface area (TPSA) is 41.6 Å². The van der Waals surface area contributed by atoms with Gasteiger partial charge in [0.15, 0.2) is 0 Å². The Morgan fingerprint density at radius 2 is 2.25 bits per heavy atom. The number of amides is 1. The number of nitrogens with one attached hydrogen (secondary N) is 1. The van der Waals surface area contributed by atoms with Gasteiger partial charge in [-0.25, -0.2) is 0 Å². The molecule has 0 spiro atoms. The van der Waals surface area contributed by atoms with Gasteiger partial charge in [0.1, 0.15) is 0 Å². The number of ether oxygens (including phenoxy) is 1. The second-order valence-corrected chi connectivity index (χ2v) is 5.54. The van der Waals surface area contributed by atoms with Gasteiger partial charge in [-0.1, -0.05) is 0 Å². The quantitative estimate of drug-likeness (QED) is 0.713. The van der Waals surface area contributed by atoms with Crippen LogP contribution in [0, 0.1) is 5.92 Å². The van der Waals surface area contributed by atoms with Gasteiger partial charge in [-0.15, -0.1) is 0 Å². The molecule has 0 aromatic carbocycles. The van der Waals surface area contributed by atoms with E-state index in [1.807, 2.05) is 11.8 Å². The van der Waals surface area contributed by atoms with E-state index < -0.39 is 0 Å². The molecule has 2 fully saturated rings. The van der Waals surface area contributed by atoms with Crippen LogP contribution in [0.1, 0.15) is 27.2 Å². The normalized spacial score (nSPS) is 34.1. The van der Waals surface area contributed by atoms with Crippen LogP contribution in [0.2, 0.25) is 0 Å². The molecule has 0 saturated carbocycles. The molecule has 0 bridgehead atoms. The Labute approximate surface area is 97.3 Å². The van der Waals surface area contributed by atoms with Gasteiger partial charge in [0, 0.05) is 31.8 Å². The first-order valence-corrected chi connectivity index (χ1v) is 6.15. The third-order valence-corrected chi connectivity index (χ3v) is 3.58. The Morgan fingerprint density at radius 3 is 2.81 bits per heavy atom. The van der Waals surface area contributed by atoms with E-state index in [0.29, 0.717) is 0 Å². The molecule has 2 unspecified atom stereocenters. The highest BCUT2D eigenvalue weighted by Crippen LogP contribution is 2.24. The molecule has 2 atom stereocenters. The molecule has 1 amide bonds. The van der Waals surface area contributed by atoms with Crippen LogP contribution in [0.4, 0.5) is 0 Å². The molecular weight excluding hydrogens is 204 g/mol. The maximum absolute atomic E-state index is 12.3. The number of carbonyl (C=O) groups is 1. The molecular formula is C12H22N2O2. The van der Waals surface area contributed by atoms with Gasteiger partial charge in [0.05, 0.1) is 12.0 Å². The lowest BCUT2D eigenvalue weighted by Gasteiger charge is -2.40. The van der Waals surface area contributed by atoms with Crippen LogP contribution >= 0.6 is 0 Å². The van der Waals surface area contributed by atoms with E-state index in [-0.39, 0.29) is 23.5 Å². The molecule has 16 heavy (non-hydrogen) atoms. The molecule has 0 aromatic rings. The minimum Gasteiger partial charge on any atom is -0.378 e. The Balaban J connectivity index is 1.99. The van der Waals surface area contributed by atoms with Crippen molar-refractivity contribution in [2.45, 2.75) is 38.8 Å². The summed E-state index contributed by atoms with van der Waals surface area (Å²) in [6.45, 7) is 9.53. The van der Waals surface area contributed by atoms with Crippen LogP contribution in [-0.2, 0) is 9.53 Å². The van der Waals surface area contributed by atoms with Crippen LogP contribution in [0.15, 0.2) is 0 Å². The zero-order valence-electron chi connectivity index (χ0n) is 10.5. The van der Waals surface area contributed by atoms with E-state index in [1.165, 1.54) is 0 Å². The Morgan fingerprint density at radius 1 is 1.50 bits per heavy atom. The third-order valence-electron chi connectivity index (χ3n) is 3.58. The summed E-state index contributed by atoms with van der Waals surface area (Å²) in [6.07, 6.45) is 0.968. The van der Waals surface area contributed by atoms with E-state index in [1.54, 1.807) is 0 Å². The van der Waals surface area contributed by atoms with Gasteiger partial charge >= 0.3 is 0 Å². The Hall–Kier alpha value is -0.610. The first kappa shape index (κ1) is 11.9. The van der Waals surface area contributed by atoms with Gasteiger partial charge in [-0.05, 0) is 27.2 Å². The van der Waals surface area contributed by atoms with E-state index >= 15 is 0 Å². The third kappa shape index (κ3) is 2.38. The maximum Gasteiger partial charge on any atom is 0.228 e. The number of nitrogens with zero attached hydrogens (tertiary/aromatic N) is 1. The van der Waals surface area contributed by atoms with Crippen molar-refractivity contribution >= 4 is 5.91 Å². The number of piperazine rings is 1. The SMILES string of the molecule is CC1OCCC1C(=O)N1CCNC(C)(C)C1. The summed E-state index contributed by atoms with van der Waals surface area (Å²) in [7, 11) is 0. The highest BCUT2D eigenvalue weighted by atomic mass is 16.5. The van der Waals surface area contributed by atoms with Crippen molar-refractivity contribution in [1.29, 1.82) is 0 Å². The van der Waals surface area contributed by atoms with Gasteiger partial charge in [0.25, 0.3) is 0 Å². The van der Waals surface area contributed by atoms with Crippen molar-refractivity contribution in [2.75, 3.05) is 26.2 Å². The average molecular weight is 226 g/mol. The summed E-state index contributed by atoms with van der Waals surface area (Å²) in [5.74, 6) is 0.355. The molecule has 92 valence electrons. The van der Waals surface area contributed by atoms with Gasteiger partial charge in [-0.3, -0.25) is 4.79 Å². The van der Waals surface area contributed by atoms with Crippen molar-refractivity contribution < 1.29 is 9.53 Å². The van der Waals surface area contributed by atoms with Crippen LogP contribution in [0.5, 0.6) is 0 Å². The van der Waals surface area contributed by atoms with Crippen molar-refractivity contribution in [1.82, 2.24) is 10.2 Å². The van der Waals surface area contributed by atoms with Crippen molar-refractivity contribution in [3.05, 3.63) is 0 Å². The fraction of sp³-hybridized carbons (Fsp3) is 0.917. The lowest BCUT2D eigenvalue weighted by molar-refractivity contribution is -0.139. The molecule has 0 aliphatic carbocycles. The van der Waals surface area contributed by atoms with Gasteiger partial charge in [0.2, 0.25) is 5.91 Å². The second-order valence-electron chi connectivity index (χ2n) is 5.54. The second kappa shape index (κ2) is 4.34. The summed E-state index contributed by atoms with van der Waals surface area (Å²) in [4.78, 5) is 14.3. The predicted molar refractivity (Wildman–Crippen MR) is 62.2 cm³/mol. The zero-order valence-corrected chi connectivity index (χ0v) is 10.5. The lowest BCUT2D eigenvalue weighted by atomic mass is 9.97. The van der Waals surface area contributed by atoms with Crippen molar-refractivity contribution in [2.24, 2.45) is 5.92 Å². The average Bonchev–Trinajstić information content (AvgIpc) is 2.62. The lowest BCUT2D eigenvalue weighted by Crippen LogP contribution is -2.59. The van der Waals surface area contributed by atoms with Crippen LogP contribution in [-0.4, -0.2) is 48.7 Å². The number of hydrogen-bond donors (Lipinski definition) is 1. The summed E-state index contributed by atoms with van der Waals surface area (Å²) >= 11 is 0. The predicted octanol–water partition coefficient (Wildman–Crippen LogP) is 0.622. The Kier molecular flexibility index (Phi) is 3.22. The molecule has 0 aromatic heterocycles. The summed E-state index contributed by atoms with van der Waals surface area (Å²) in [5.41, 5.74) is 0.0383. The zero-order chi connectivity index (χ0) is 11.8. The van der Waals surface area contributed by atoms with E-state index in [4.69, 9.17) is 4.74 Å². The van der Waals surface area contributed by atoms with Gasteiger partial charge < -0.3 is 15.0 Å². The molecule has 4 heteroatoms. The summed E-state index contributed by atoms with van der Waals surface area (Å²) in [5, 5.41) is 3.42. The molecule has 4 nitrogen and oxygen atoms in total. The van der Waals surface area contributed by atoms with Crippen molar-refractivity contribution in [3.8, 4) is 0 Å². The van der Waals surface area contributed by atoms with Gasteiger partial charge in [-0.2, -0.15) is 0 Å². The first-order chi connectivity index (χ1) is 7.49. The first-order valence-electron chi connectivity index (χ1n) is 6.15. The van der Waals surface area contributed by atoms with E-state index in [9.17, 15) is 4.79 Å².